The minimum atomic E-state index is -1.10. The highest BCUT2D eigenvalue weighted by Crippen LogP contribution is 2.23. The summed E-state index contributed by atoms with van der Waals surface area (Å²) in [5, 5.41) is 8.75. The average Bonchev–Trinajstić information content (AvgIpc) is 1.97. The molecule has 6 nitrogen and oxygen atoms in total. The molecule has 0 radical (unpaired) electrons. The summed E-state index contributed by atoms with van der Waals surface area (Å²) in [6.07, 6.45) is 0.104. The minimum Gasteiger partial charge on any atom is -0.480 e. The second-order valence-corrected chi connectivity index (χ2v) is 4.89. The number of hydrogen-bond acceptors (Lipinski definition) is 4. The van der Waals surface area contributed by atoms with Crippen molar-refractivity contribution in [1.29, 1.82) is 0 Å². The number of nitrogens with zero attached hydrogens (tertiary/aromatic N) is 1. The maximum absolute atomic E-state index is 11.6. The molecule has 0 aromatic rings. The van der Waals surface area contributed by atoms with Crippen molar-refractivity contribution in [3.8, 4) is 0 Å². The van der Waals surface area contributed by atoms with Crippen molar-refractivity contribution >= 4 is 12.1 Å². The molecule has 1 rings (SSSR count). The fourth-order valence-corrected chi connectivity index (χ4v) is 1.49. The van der Waals surface area contributed by atoms with Crippen molar-refractivity contribution in [3.05, 3.63) is 0 Å². The van der Waals surface area contributed by atoms with Crippen LogP contribution in [-0.2, 0) is 9.53 Å². The van der Waals surface area contributed by atoms with Gasteiger partial charge in [0.05, 0.1) is 6.04 Å². The van der Waals surface area contributed by atoms with E-state index in [-0.39, 0.29) is 0 Å². The number of carbonyl (C=O) groups is 2. The zero-order valence-corrected chi connectivity index (χ0v) is 9.77. The lowest BCUT2D eigenvalue weighted by Gasteiger charge is -2.42. The molecule has 1 heterocycles. The summed E-state index contributed by atoms with van der Waals surface area (Å²) in [7, 11) is 0. The Balaban J connectivity index is 2.56. The smallest absolute Gasteiger partial charge is 0.410 e. The highest BCUT2D eigenvalue weighted by Gasteiger charge is 2.41. The van der Waals surface area contributed by atoms with E-state index < -0.39 is 29.7 Å². The van der Waals surface area contributed by atoms with Crippen LogP contribution in [0.4, 0.5) is 4.79 Å². The van der Waals surface area contributed by atoms with Crippen LogP contribution in [0.1, 0.15) is 27.2 Å². The highest BCUT2D eigenvalue weighted by molar-refractivity contribution is 5.77. The van der Waals surface area contributed by atoms with Crippen LogP contribution in [0.2, 0.25) is 0 Å². The Morgan fingerprint density at radius 3 is 2.38 bits per heavy atom. The van der Waals surface area contributed by atoms with Gasteiger partial charge in [-0.1, -0.05) is 0 Å². The quantitative estimate of drug-likeness (QED) is 0.716. The van der Waals surface area contributed by atoms with Crippen LogP contribution in [0, 0.1) is 0 Å². The Hall–Kier alpha value is -1.30. The van der Waals surface area contributed by atoms with Crippen LogP contribution in [0.15, 0.2) is 0 Å². The van der Waals surface area contributed by atoms with E-state index >= 15 is 0 Å². The van der Waals surface area contributed by atoms with E-state index in [0.717, 1.165) is 0 Å². The molecule has 0 bridgehead atoms. The van der Waals surface area contributed by atoms with Gasteiger partial charge in [0.2, 0.25) is 0 Å². The van der Waals surface area contributed by atoms with Crippen molar-refractivity contribution in [1.82, 2.24) is 4.90 Å². The van der Waals surface area contributed by atoms with E-state index in [1.165, 1.54) is 4.90 Å². The zero-order chi connectivity index (χ0) is 12.5. The zero-order valence-electron chi connectivity index (χ0n) is 9.77. The third kappa shape index (κ3) is 2.85. The van der Waals surface area contributed by atoms with E-state index in [1.54, 1.807) is 20.8 Å². The molecule has 1 amide bonds. The highest BCUT2D eigenvalue weighted by atomic mass is 16.6. The Morgan fingerprint density at radius 1 is 1.50 bits per heavy atom. The monoisotopic (exact) mass is 230 g/mol. The van der Waals surface area contributed by atoms with Crippen molar-refractivity contribution in [2.75, 3.05) is 6.54 Å². The molecule has 1 unspecified atom stereocenters. The molecule has 16 heavy (non-hydrogen) atoms. The fraction of sp³-hybridized carbons (Fsp3) is 0.800. The molecule has 2 atom stereocenters. The summed E-state index contributed by atoms with van der Waals surface area (Å²) in [6, 6.07) is -1.49. The summed E-state index contributed by atoms with van der Waals surface area (Å²) < 4.78 is 5.14. The van der Waals surface area contributed by atoms with Crippen LogP contribution in [-0.4, -0.2) is 46.3 Å². The Bertz CT molecular complexity index is 298. The normalized spacial score (nSPS) is 22.2. The van der Waals surface area contributed by atoms with Crippen LogP contribution >= 0.6 is 0 Å². The molecular formula is C10H18N2O4. The summed E-state index contributed by atoms with van der Waals surface area (Å²) in [5.41, 5.74) is 4.89. The SMILES string of the molecule is CC(C)(C)OC(=O)N1CCC1[C@H](N)C(=O)O. The minimum absolute atomic E-state index is 0.452. The van der Waals surface area contributed by atoms with Crippen LogP contribution in [0.5, 0.6) is 0 Å². The van der Waals surface area contributed by atoms with Crippen LogP contribution in [0.25, 0.3) is 0 Å². The summed E-state index contributed by atoms with van der Waals surface area (Å²) >= 11 is 0. The molecule has 1 saturated heterocycles. The largest absolute Gasteiger partial charge is 0.480 e. The first-order valence-electron chi connectivity index (χ1n) is 5.20. The first-order valence-corrected chi connectivity index (χ1v) is 5.20. The fourth-order valence-electron chi connectivity index (χ4n) is 1.49. The van der Waals surface area contributed by atoms with Gasteiger partial charge in [0.1, 0.15) is 11.6 Å². The molecule has 1 aliphatic heterocycles. The predicted molar refractivity (Wildman–Crippen MR) is 57.0 cm³/mol. The number of hydrogen-bond donors (Lipinski definition) is 2. The van der Waals surface area contributed by atoms with E-state index in [4.69, 9.17) is 15.6 Å². The molecular weight excluding hydrogens is 212 g/mol. The Morgan fingerprint density at radius 2 is 2.06 bits per heavy atom. The molecule has 1 fully saturated rings. The lowest BCUT2D eigenvalue weighted by molar-refractivity contribution is -0.141. The molecule has 1 aliphatic rings. The molecule has 0 saturated carbocycles. The van der Waals surface area contributed by atoms with Gasteiger partial charge in [-0.25, -0.2) is 4.79 Å². The maximum Gasteiger partial charge on any atom is 0.410 e. The first-order chi connectivity index (χ1) is 7.22. The number of likely N-dealkylation sites (tertiary alicyclic amines) is 1. The molecule has 6 heteroatoms. The van der Waals surface area contributed by atoms with Crippen molar-refractivity contribution in [3.63, 3.8) is 0 Å². The van der Waals surface area contributed by atoms with E-state index in [9.17, 15) is 9.59 Å². The number of rotatable bonds is 2. The Labute approximate surface area is 94.3 Å². The van der Waals surface area contributed by atoms with Gasteiger partial charge >= 0.3 is 12.1 Å². The maximum atomic E-state index is 11.6. The number of carboxylic acid groups (broad SMARTS) is 1. The van der Waals surface area contributed by atoms with Gasteiger partial charge in [0, 0.05) is 6.54 Å². The summed E-state index contributed by atoms with van der Waals surface area (Å²) in [5.74, 6) is -1.10. The number of amides is 1. The van der Waals surface area contributed by atoms with Gasteiger partial charge in [-0.05, 0) is 27.2 Å². The lowest BCUT2D eigenvalue weighted by Crippen LogP contribution is -2.62. The van der Waals surface area contributed by atoms with Gasteiger partial charge in [-0.2, -0.15) is 0 Å². The van der Waals surface area contributed by atoms with Gasteiger partial charge in [-0.3, -0.25) is 4.79 Å². The number of carboxylic acids is 1. The van der Waals surface area contributed by atoms with Gasteiger partial charge in [0.15, 0.2) is 0 Å². The van der Waals surface area contributed by atoms with Crippen molar-refractivity contribution in [2.45, 2.75) is 44.9 Å². The van der Waals surface area contributed by atoms with E-state index in [2.05, 4.69) is 0 Å². The van der Waals surface area contributed by atoms with Crippen LogP contribution < -0.4 is 5.73 Å². The third-order valence-electron chi connectivity index (χ3n) is 2.39. The second-order valence-electron chi connectivity index (χ2n) is 4.89. The third-order valence-corrected chi connectivity index (χ3v) is 2.39. The molecule has 0 aromatic carbocycles. The summed E-state index contributed by atoms with van der Waals surface area (Å²) in [4.78, 5) is 23.7. The molecule has 3 N–H and O–H groups in total. The van der Waals surface area contributed by atoms with E-state index in [0.29, 0.717) is 13.0 Å². The first kappa shape index (κ1) is 12.8. The number of carbonyl (C=O) groups excluding carboxylic acids is 1. The van der Waals surface area contributed by atoms with E-state index in [1.807, 2.05) is 0 Å². The topological polar surface area (TPSA) is 92.9 Å². The molecule has 0 spiro atoms. The predicted octanol–water partition coefficient (Wildman–Crippen LogP) is 0.408. The average molecular weight is 230 g/mol. The number of nitrogens with two attached hydrogens (primary N) is 1. The molecule has 92 valence electrons. The molecule has 0 aromatic heterocycles. The standard InChI is InChI=1S/C10H18N2O4/c1-10(2,3)16-9(15)12-5-4-6(12)7(11)8(13)14/h6-7H,4-5,11H2,1-3H3,(H,13,14)/t6?,7-/m0/s1. The van der Waals surface area contributed by atoms with Gasteiger partial charge in [0.25, 0.3) is 0 Å². The second kappa shape index (κ2) is 4.29. The van der Waals surface area contributed by atoms with Gasteiger partial charge in [-0.15, -0.1) is 0 Å². The summed E-state index contributed by atoms with van der Waals surface area (Å²) in [6.45, 7) is 5.78. The number of aliphatic carboxylic acids is 1. The Kier molecular flexibility index (Phi) is 3.42. The van der Waals surface area contributed by atoms with Crippen molar-refractivity contribution < 1.29 is 19.4 Å². The number of ether oxygens (including phenoxy) is 1. The van der Waals surface area contributed by atoms with Gasteiger partial charge < -0.3 is 20.5 Å². The lowest BCUT2D eigenvalue weighted by atomic mass is 9.96. The van der Waals surface area contributed by atoms with Crippen LogP contribution in [0.3, 0.4) is 0 Å². The molecule has 0 aliphatic carbocycles. The van der Waals surface area contributed by atoms with Crippen molar-refractivity contribution in [2.24, 2.45) is 5.73 Å².